The molecule has 3 rings (SSSR count). The Morgan fingerprint density at radius 2 is 2.12 bits per heavy atom. The van der Waals surface area contributed by atoms with Crippen molar-refractivity contribution in [1.82, 2.24) is 4.90 Å². The van der Waals surface area contributed by atoms with Crippen molar-refractivity contribution in [3.8, 4) is 0 Å². The van der Waals surface area contributed by atoms with Crippen molar-refractivity contribution >= 4 is 5.91 Å². The third-order valence-electron chi connectivity index (χ3n) is 3.55. The van der Waals surface area contributed by atoms with Crippen molar-refractivity contribution in [3.63, 3.8) is 0 Å². The topological polar surface area (TPSA) is 29.5 Å². The summed E-state index contributed by atoms with van der Waals surface area (Å²) in [6.07, 6.45) is 0.900. The number of hydrogen-bond donors (Lipinski definition) is 0. The smallest absolute Gasteiger partial charge is 0.233 e. The molecule has 0 N–H and O–H groups in total. The van der Waals surface area contributed by atoms with Crippen molar-refractivity contribution in [2.75, 3.05) is 19.8 Å². The normalized spacial score (nSPS) is 28.5. The zero-order valence-electron chi connectivity index (χ0n) is 9.19. The van der Waals surface area contributed by atoms with Crippen LogP contribution in [0.3, 0.4) is 0 Å². The van der Waals surface area contributed by atoms with Crippen LogP contribution in [0.15, 0.2) is 30.3 Å². The molecule has 0 aliphatic carbocycles. The molecule has 1 aromatic carbocycles. The van der Waals surface area contributed by atoms with E-state index in [1.165, 1.54) is 5.56 Å². The zero-order valence-corrected chi connectivity index (χ0v) is 9.19. The molecule has 3 nitrogen and oxygen atoms in total. The zero-order chi connectivity index (χ0) is 11.0. The molecule has 16 heavy (non-hydrogen) atoms. The summed E-state index contributed by atoms with van der Waals surface area (Å²) in [5.41, 5.74) is 1.04. The lowest BCUT2D eigenvalue weighted by atomic mass is 9.78. The third kappa shape index (κ3) is 1.43. The lowest BCUT2D eigenvalue weighted by Crippen LogP contribution is -2.61. The molecule has 2 saturated heterocycles. The first-order chi connectivity index (χ1) is 7.80. The Bertz CT molecular complexity index is 396. The Hall–Kier alpha value is -1.35. The van der Waals surface area contributed by atoms with Crippen molar-refractivity contribution in [2.24, 2.45) is 5.41 Å². The van der Waals surface area contributed by atoms with E-state index in [1.807, 2.05) is 23.1 Å². The highest BCUT2D eigenvalue weighted by atomic mass is 16.5. The second-order valence-electron chi connectivity index (χ2n) is 4.73. The van der Waals surface area contributed by atoms with Gasteiger partial charge in [-0.25, -0.2) is 0 Å². The summed E-state index contributed by atoms with van der Waals surface area (Å²) >= 11 is 0. The van der Waals surface area contributed by atoms with Crippen LogP contribution in [0.4, 0.5) is 0 Å². The molecule has 0 bridgehead atoms. The van der Waals surface area contributed by atoms with E-state index >= 15 is 0 Å². The van der Waals surface area contributed by atoms with Gasteiger partial charge in [0.25, 0.3) is 0 Å². The molecule has 1 atom stereocenters. The number of rotatable bonds is 2. The molecule has 1 amide bonds. The maximum atomic E-state index is 12.0. The van der Waals surface area contributed by atoms with Crippen LogP contribution in [0.2, 0.25) is 0 Å². The van der Waals surface area contributed by atoms with Crippen molar-refractivity contribution in [3.05, 3.63) is 35.9 Å². The van der Waals surface area contributed by atoms with Gasteiger partial charge in [0, 0.05) is 19.7 Å². The van der Waals surface area contributed by atoms with E-state index in [4.69, 9.17) is 4.74 Å². The number of ether oxygens (including phenoxy) is 1. The van der Waals surface area contributed by atoms with Gasteiger partial charge in [0.15, 0.2) is 0 Å². The molecule has 2 aliphatic rings. The highest BCUT2D eigenvalue weighted by molar-refractivity contribution is 5.89. The monoisotopic (exact) mass is 217 g/mol. The molecule has 0 radical (unpaired) electrons. The predicted molar refractivity (Wildman–Crippen MR) is 59.7 cm³/mol. The van der Waals surface area contributed by atoms with Gasteiger partial charge in [-0.05, 0) is 12.0 Å². The first-order valence-electron chi connectivity index (χ1n) is 5.71. The average Bonchev–Trinajstić information content (AvgIpc) is 2.81. The number of carbonyl (C=O) groups excluding carboxylic acids is 1. The number of hydrogen-bond acceptors (Lipinski definition) is 2. The fraction of sp³-hybridized carbons (Fsp3) is 0.462. The van der Waals surface area contributed by atoms with Crippen LogP contribution in [0.1, 0.15) is 12.0 Å². The minimum atomic E-state index is -0.158. The summed E-state index contributed by atoms with van der Waals surface area (Å²) in [4.78, 5) is 14.0. The van der Waals surface area contributed by atoms with Gasteiger partial charge in [0.2, 0.25) is 5.91 Å². The second kappa shape index (κ2) is 3.59. The Kier molecular flexibility index (Phi) is 2.21. The van der Waals surface area contributed by atoms with Crippen molar-refractivity contribution in [1.29, 1.82) is 0 Å². The Morgan fingerprint density at radius 3 is 2.75 bits per heavy atom. The number of nitrogens with zero attached hydrogens (tertiary/aromatic N) is 1. The minimum Gasteiger partial charge on any atom is -0.380 e. The predicted octanol–water partition coefficient (Wildman–Crippen LogP) is 1.44. The van der Waals surface area contributed by atoms with Gasteiger partial charge in [-0.15, -0.1) is 0 Å². The average molecular weight is 217 g/mol. The van der Waals surface area contributed by atoms with Crippen LogP contribution < -0.4 is 0 Å². The fourth-order valence-corrected chi connectivity index (χ4v) is 2.58. The first-order valence-corrected chi connectivity index (χ1v) is 5.71. The molecular formula is C13H15NO2. The van der Waals surface area contributed by atoms with Gasteiger partial charge in [0.1, 0.15) is 0 Å². The number of amides is 1. The van der Waals surface area contributed by atoms with Gasteiger partial charge in [-0.2, -0.15) is 0 Å². The van der Waals surface area contributed by atoms with Gasteiger partial charge >= 0.3 is 0 Å². The van der Waals surface area contributed by atoms with Crippen molar-refractivity contribution < 1.29 is 9.53 Å². The second-order valence-corrected chi connectivity index (χ2v) is 4.73. The molecule has 0 saturated carbocycles. The van der Waals surface area contributed by atoms with E-state index in [-0.39, 0.29) is 11.3 Å². The summed E-state index contributed by atoms with van der Waals surface area (Å²) in [6.45, 7) is 2.96. The minimum absolute atomic E-state index is 0.158. The van der Waals surface area contributed by atoms with Crippen LogP contribution in [0, 0.1) is 5.41 Å². The van der Waals surface area contributed by atoms with E-state index in [0.717, 1.165) is 26.1 Å². The summed E-state index contributed by atoms with van der Waals surface area (Å²) < 4.78 is 5.32. The highest BCUT2D eigenvalue weighted by Gasteiger charge is 2.53. The Labute approximate surface area is 95.0 Å². The summed E-state index contributed by atoms with van der Waals surface area (Å²) in [7, 11) is 0. The summed E-state index contributed by atoms with van der Waals surface area (Å²) in [6, 6.07) is 10.1. The van der Waals surface area contributed by atoms with Crippen LogP contribution in [-0.2, 0) is 16.1 Å². The van der Waals surface area contributed by atoms with Crippen LogP contribution in [-0.4, -0.2) is 30.6 Å². The third-order valence-corrected chi connectivity index (χ3v) is 3.55. The van der Waals surface area contributed by atoms with Crippen LogP contribution in [0.25, 0.3) is 0 Å². The van der Waals surface area contributed by atoms with Crippen LogP contribution in [0.5, 0.6) is 0 Å². The van der Waals surface area contributed by atoms with E-state index in [0.29, 0.717) is 6.61 Å². The van der Waals surface area contributed by atoms with E-state index in [9.17, 15) is 4.79 Å². The SMILES string of the molecule is O=C1N(Cc2ccccc2)CC12CCOC2. The first kappa shape index (κ1) is 9.85. The maximum Gasteiger partial charge on any atom is 0.233 e. The van der Waals surface area contributed by atoms with Gasteiger partial charge in [-0.1, -0.05) is 30.3 Å². The van der Waals surface area contributed by atoms with Gasteiger partial charge in [-0.3, -0.25) is 4.79 Å². The highest BCUT2D eigenvalue weighted by Crippen LogP contribution is 2.40. The van der Waals surface area contributed by atoms with Crippen LogP contribution >= 0.6 is 0 Å². The van der Waals surface area contributed by atoms with E-state index < -0.39 is 0 Å². The molecule has 0 aromatic heterocycles. The number of likely N-dealkylation sites (tertiary alicyclic amines) is 1. The summed E-state index contributed by atoms with van der Waals surface area (Å²) in [5.74, 6) is 0.272. The van der Waals surface area contributed by atoms with Gasteiger partial charge in [0.05, 0.1) is 12.0 Å². The van der Waals surface area contributed by atoms with Crippen molar-refractivity contribution in [2.45, 2.75) is 13.0 Å². The molecular weight excluding hydrogens is 202 g/mol. The van der Waals surface area contributed by atoms with Gasteiger partial charge < -0.3 is 9.64 Å². The lowest BCUT2D eigenvalue weighted by Gasteiger charge is -2.45. The molecule has 2 fully saturated rings. The Balaban J connectivity index is 1.66. The Morgan fingerprint density at radius 1 is 1.31 bits per heavy atom. The molecule has 1 unspecified atom stereocenters. The quantitative estimate of drug-likeness (QED) is 0.701. The largest absolute Gasteiger partial charge is 0.380 e. The fourth-order valence-electron chi connectivity index (χ4n) is 2.58. The van der Waals surface area contributed by atoms with E-state index in [1.54, 1.807) is 0 Å². The summed E-state index contributed by atoms with van der Waals surface area (Å²) in [5, 5.41) is 0. The number of benzene rings is 1. The molecule has 84 valence electrons. The number of β-lactam (4-membered cyclic amide) rings is 1. The molecule has 2 heterocycles. The molecule has 1 spiro atoms. The standard InChI is InChI=1S/C13H15NO2/c15-12-13(6-7-16-10-13)9-14(12)8-11-4-2-1-3-5-11/h1-5H,6-10H2. The molecule has 2 aliphatic heterocycles. The molecule has 3 heteroatoms. The maximum absolute atomic E-state index is 12.0. The van der Waals surface area contributed by atoms with E-state index in [2.05, 4.69) is 12.1 Å². The number of carbonyl (C=O) groups is 1. The molecule has 1 aromatic rings. The lowest BCUT2D eigenvalue weighted by molar-refractivity contribution is -0.161.